The lowest BCUT2D eigenvalue weighted by molar-refractivity contribution is -0.125. The summed E-state index contributed by atoms with van der Waals surface area (Å²) in [5, 5.41) is 5.28. The van der Waals surface area contributed by atoms with Crippen LogP contribution in [0, 0.1) is 0 Å². The fourth-order valence-corrected chi connectivity index (χ4v) is 1.26. The molecule has 19 heavy (non-hydrogen) atoms. The lowest BCUT2D eigenvalue weighted by atomic mass is 10.1. The largest absolute Gasteiger partial charge is 0.370 e. The molecule has 0 unspecified atom stereocenters. The Hall–Kier alpha value is -1.83. The second-order valence-electron chi connectivity index (χ2n) is 4.13. The van der Waals surface area contributed by atoms with Crippen LogP contribution in [-0.4, -0.2) is 43.5 Å². The van der Waals surface area contributed by atoms with Gasteiger partial charge in [-0.15, -0.1) is 0 Å². The number of nitrogens with two attached hydrogens (primary N) is 3. The van der Waals surface area contributed by atoms with Crippen molar-refractivity contribution < 1.29 is 9.59 Å². The summed E-state index contributed by atoms with van der Waals surface area (Å²) >= 11 is 0. The summed E-state index contributed by atoms with van der Waals surface area (Å²) in [5.74, 6) is -0.581. The number of aliphatic imine (C=N–C) groups is 1. The third kappa shape index (κ3) is 9.83. The quantitative estimate of drug-likeness (QED) is 0.187. The lowest BCUT2D eigenvalue weighted by Gasteiger charge is -2.11. The molecule has 0 saturated carbocycles. The van der Waals surface area contributed by atoms with Gasteiger partial charge in [0.15, 0.2) is 5.96 Å². The van der Waals surface area contributed by atoms with Crippen molar-refractivity contribution in [2.24, 2.45) is 22.2 Å². The van der Waals surface area contributed by atoms with E-state index in [1.807, 2.05) is 6.92 Å². The Morgan fingerprint density at radius 3 is 2.53 bits per heavy atom. The van der Waals surface area contributed by atoms with Crippen LogP contribution < -0.4 is 27.8 Å². The van der Waals surface area contributed by atoms with Crippen molar-refractivity contribution >= 4 is 17.8 Å². The Morgan fingerprint density at radius 2 is 1.95 bits per heavy atom. The number of hydrogen-bond acceptors (Lipinski definition) is 4. The molecule has 0 bridgehead atoms. The van der Waals surface area contributed by atoms with Crippen LogP contribution in [0.4, 0.5) is 0 Å². The predicted molar refractivity (Wildman–Crippen MR) is 74.2 cm³/mol. The summed E-state index contributed by atoms with van der Waals surface area (Å²) in [7, 11) is 0. The second-order valence-corrected chi connectivity index (χ2v) is 4.13. The maximum atomic E-state index is 11.4. The Labute approximate surface area is 113 Å². The van der Waals surface area contributed by atoms with Crippen LogP contribution in [0.25, 0.3) is 0 Å². The number of rotatable bonds is 9. The van der Waals surface area contributed by atoms with Crippen LogP contribution in [0.5, 0.6) is 0 Å². The number of amides is 2. The summed E-state index contributed by atoms with van der Waals surface area (Å²) < 4.78 is 0. The highest BCUT2D eigenvalue weighted by Crippen LogP contribution is 1.93. The van der Waals surface area contributed by atoms with Crippen LogP contribution in [0.1, 0.15) is 26.2 Å². The number of carbonyl (C=O) groups is 2. The van der Waals surface area contributed by atoms with Gasteiger partial charge < -0.3 is 27.8 Å². The SMILES string of the molecule is CCCN=C(N)NCCC[C@H](N)C(=O)NCC(N)=O. The van der Waals surface area contributed by atoms with Gasteiger partial charge in [-0.1, -0.05) is 6.92 Å². The van der Waals surface area contributed by atoms with E-state index >= 15 is 0 Å². The first-order valence-electron chi connectivity index (χ1n) is 6.32. The standard InChI is InChI=1S/C11H24N6O2/c1-2-5-15-11(14)16-6-3-4-8(12)10(19)17-7-9(13)18/h8H,2-7,12H2,1H3,(H2,13,18)(H,17,19)(H3,14,15,16)/t8-/m0/s1. The topological polar surface area (TPSA) is 149 Å². The van der Waals surface area contributed by atoms with Gasteiger partial charge in [0.1, 0.15) is 0 Å². The van der Waals surface area contributed by atoms with Crippen molar-refractivity contribution in [3.63, 3.8) is 0 Å². The first-order chi connectivity index (χ1) is 8.97. The molecule has 0 aromatic heterocycles. The van der Waals surface area contributed by atoms with E-state index in [0.29, 0.717) is 31.9 Å². The van der Waals surface area contributed by atoms with E-state index in [9.17, 15) is 9.59 Å². The molecule has 0 radical (unpaired) electrons. The zero-order valence-corrected chi connectivity index (χ0v) is 11.3. The van der Waals surface area contributed by atoms with Gasteiger partial charge in [0.25, 0.3) is 0 Å². The minimum atomic E-state index is -0.657. The van der Waals surface area contributed by atoms with Crippen molar-refractivity contribution in [2.75, 3.05) is 19.6 Å². The molecule has 2 amide bonds. The third-order valence-electron chi connectivity index (χ3n) is 2.28. The van der Waals surface area contributed by atoms with E-state index in [0.717, 1.165) is 6.42 Å². The molecule has 0 aliphatic carbocycles. The number of primary amides is 1. The summed E-state index contributed by atoms with van der Waals surface area (Å²) in [6, 6.07) is -0.657. The van der Waals surface area contributed by atoms with Crippen molar-refractivity contribution in [2.45, 2.75) is 32.2 Å². The zero-order chi connectivity index (χ0) is 14.7. The van der Waals surface area contributed by atoms with E-state index in [4.69, 9.17) is 17.2 Å². The molecule has 8 heteroatoms. The number of carbonyl (C=O) groups excluding carboxylic acids is 2. The maximum Gasteiger partial charge on any atom is 0.237 e. The van der Waals surface area contributed by atoms with Crippen LogP contribution in [0.3, 0.4) is 0 Å². The van der Waals surface area contributed by atoms with Gasteiger partial charge in [0, 0.05) is 13.1 Å². The van der Waals surface area contributed by atoms with E-state index < -0.39 is 11.9 Å². The van der Waals surface area contributed by atoms with Crippen LogP contribution >= 0.6 is 0 Å². The number of nitrogens with zero attached hydrogens (tertiary/aromatic N) is 1. The number of hydrogen-bond donors (Lipinski definition) is 5. The van der Waals surface area contributed by atoms with E-state index in [1.54, 1.807) is 0 Å². The molecular formula is C11H24N6O2. The van der Waals surface area contributed by atoms with E-state index in [2.05, 4.69) is 15.6 Å². The summed E-state index contributed by atoms with van der Waals surface area (Å²) in [5.41, 5.74) is 16.1. The van der Waals surface area contributed by atoms with Crippen LogP contribution in [-0.2, 0) is 9.59 Å². The average Bonchev–Trinajstić information content (AvgIpc) is 2.38. The van der Waals surface area contributed by atoms with Crippen LogP contribution in [0.15, 0.2) is 4.99 Å². The molecule has 8 nitrogen and oxygen atoms in total. The smallest absolute Gasteiger partial charge is 0.237 e. The molecule has 0 aromatic rings. The molecule has 0 heterocycles. The first kappa shape index (κ1) is 17.2. The summed E-state index contributed by atoms with van der Waals surface area (Å²) in [6.45, 7) is 3.10. The molecule has 0 aliphatic heterocycles. The lowest BCUT2D eigenvalue weighted by Crippen LogP contribution is -2.44. The van der Waals surface area contributed by atoms with Gasteiger partial charge in [0.05, 0.1) is 12.6 Å². The minimum absolute atomic E-state index is 0.193. The van der Waals surface area contributed by atoms with Crippen molar-refractivity contribution in [1.82, 2.24) is 10.6 Å². The molecule has 110 valence electrons. The molecule has 0 aliphatic rings. The Kier molecular flexibility index (Phi) is 9.15. The van der Waals surface area contributed by atoms with Crippen molar-refractivity contribution in [1.29, 1.82) is 0 Å². The fourth-order valence-electron chi connectivity index (χ4n) is 1.26. The van der Waals surface area contributed by atoms with Gasteiger partial charge in [-0.05, 0) is 19.3 Å². The van der Waals surface area contributed by atoms with Gasteiger partial charge >= 0.3 is 0 Å². The molecule has 0 aromatic carbocycles. The molecular weight excluding hydrogens is 248 g/mol. The summed E-state index contributed by atoms with van der Waals surface area (Å²) in [6.07, 6.45) is 2.10. The van der Waals surface area contributed by atoms with Gasteiger partial charge in [-0.2, -0.15) is 0 Å². The Morgan fingerprint density at radius 1 is 1.26 bits per heavy atom. The Balaban J connectivity index is 3.70. The predicted octanol–water partition coefficient (Wildman–Crippen LogP) is -1.99. The van der Waals surface area contributed by atoms with E-state index in [1.165, 1.54) is 0 Å². The highest BCUT2D eigenvalue weighted by Gasteiger charge is 2.12. The minimum Gasteiger partial charge on any atom is -0.370 e. The molecule has 0 rings (SSSR count). The van der Waals surface area contributed by atoms with Crippen molar-refractivity contribution in [3.05, 3.63) is 0 Å². The molecule has 0 spiro atoms. The monoisotopic (exact) mass is 272 g/mol. The second kappa shape index (κ2) is 10.1. The van der Waals surface area contributed by atoms with Gasteiger partial charge in [0.2, 0.25) is 11.8 Å². The highest BCUT2D eigenvalue weighted by atomic mass is 16.2. The number of nitrogens with one attached hydrogen (secondary N) is 2. The van der Waals surface area contributed by atoms with Gasteiger partial charge in [-0.25, -0.2) is 0 Å². The average molecular weight is 272 g/mol. The third-order valence-corrected chi connectivity index (χ3v) is 2.28. The molecule has 1 atom stereocenters. The Bertz CT molecular complexity index is 318. The molecule has 0 fully saturated rings. The fraction of sp³-hybridized carbons (Fsp3) is 0.727. The molecule has 8 N–H and O–H groups in total. The van der Waals surface area contributed by atoms with Crippen LogP contribution in [0.2, 0.25) is 0 Å². The van der Waals surface area contributed by atoms with E-state index in [-0.39, 0.29) is 12.5 Å². The molecule has 0 saturated heterocycles. The zero-order valence-electron chi connectivity index (χ0n) is 11.3. The first-order valence-corrected chi connectivity index (χ1v) is 6.32. The van der Waals surface area contributed by atoms with Gasteiger partial charge in [-0.3, -0.25) is 14.6 Å². The maximum absolute atomic E-state index is 11.4. The summed E-state index contributed by atoms with van der Waals surface area (Å²) in [4.78, 5) is 25.9. The van der Waals surface area contributed by atoms with Crippen molar-refractivity contribution in [3.8, 4) is 0 Å². The number of guanidine groups is 1. The highest BCUT2D eigenvalue weighted by molar-refractivity contribution is 5.86. The normalized spacial score (nSPS) is 12.8.